The Balaban J connectivity index is 2.05. The van der Waals surface area contributed by atoms with E-state index >= 15 is 0 Å². The number of nitrogens with zero attached hydrogens (tertiary/aromatic N) is 1. The van der Waals surface area contributed by atoms with Crippen LogP contribution in [0.25, 0.3) is 0 Å². The summed E-state index contributed by atoms with van der Waals surface area (Å²) in [5.41, 5.74) is 2.28. The molecule has 1 atom stereocenters. The van der Waals surface area contributed by atoms with Gasteiger partial charge in [-0.3, -0.25) is 14.4 Å². The molecule has 1 aromatic rings. The van der Waals surface area contributed by atoms with Crippen LogP contribution in [0.5, 0.6) is 0 Å². The third kappa shape index (κ3) is 22.6. The van der Waals surface area contributed by atoms with Crippen LogP contribution in [0.3, 0.4) is 0 Å². The number of benzene rings is 1. The lowest BCUT2D eigenvalue weighted by molar-refractivity contribution is -0.129. The van der Waals surface area contributed by atoms with Crippen molar-refractivity contribution in [1.82, 2.24) is 16.0 Å². The Hall–Kier alpha value is -2.57. The van der Waals surface area contributed by atoms with Crippen molar-refractivity contribution in [2.45, 2.75) is 162 Å². The summed E-state index contributed by atoms with van der Waals surface area (Å²) in [4.78, 5) is 39.6. The van der Waals surface area contributed by atoms with Crippen molar-refractivity contribution >= 4 is 23.4 Å². The molecule has 3 N–H and O–H groups in total. The fourth-order valence-corrected chi connectivity index (χ4v) is 5.57. The highest BCUT2D eigenvalue weighted by Crippen LogP contribution is 2.14. The van der Waals surface area contributed by atoms with E-state index in [1.807, 2.05) is 14.1 Å². The molecule has 0 aromatic heterocycles. The lowest BCUT2D eigenvalue weighted by Gasteiger charge is -2.20. The summed E-state index contributed by atoms with van der Waals surface area (Å²) in [6.45, 7) is 7.67. The van der Waals surface area contributed by atoms with E-state index in [-0.39, 0.29) is 17.7 Å². The van der Waals surface area contributed by atoms with Crippen molar-refractivity contribution < 1.29 is 14.4 Å². The average molecular weight is 629 g/mol. The molecule has 0 spiro atoms. The number of nitrogens with one attached hydrogen (secondary N) is 3. The van der Waals surface area contributed by atoms with E-state index in [0.29, 0.717) is 38.3 Å². The van der Waals surface area contributed by atoms with Gasteiger partial charge >= 0.3 is 0 Å². The summed E-state index contributed by atoms with van der Waals surface area (Å²) in [5.74, 6) is 0.429. The van der Waals surface area contributed by atoms with Crippen LogP contribution in [0, 0.1) is 5.92 Å². The first kappa shape index (κ1) is 40.5. The second-order valence-corrected chi connectivity index (χ2v) is 13.5. The Morgan fingerprint density at radius 3 is 1.64 bits per heavy atom. The van der Waals surface area contributed by atoms with Gasteiger partial charge in [-0.2, -0.15) is 0 Å². The summed E-state index contributed by atoms with van der Waals surface area (Å²) >= 11 is 0. The monoisotopic (exact) mass is 629 g/mol. The number of rotatable bonds is 28. The third-order valence-electron chi connectivity index (χ3n) is 8.44. The molecule has 7 heteroatoms. The number of carbonyl (C=O) groups is 3. The van der Waals surface area contributed by atoms with E-state index in [0.717, 1.165) is 62.6 Å². The minimum absolute atomic E-state index is 0.00497. The highest BCUT2D eigenvalue weighted by molar-refractivity contribution is 5.87. The van der Waals surface area contributed by atoms with Crippen LogP contribution in [0.15, 0.2) is 24.3 Å². The van der Waals surface area contributed by atoms with Gasteiger partial charge in [-0.25, -0.2) is 0 Å². The zero-order valence-electron chi connectivity index (χ0n) is 29.7. The number of hydrogen-bond acceptors (Lipinski definition) is 4. The highest BCUT2D eigenvalue weighted by Gasteiger charge is 2.21. The Labute approximate surface area is 276 Å². The van der Waals surface area contributed by atoms with Gasteiger partial charge in [-0.1, -0.05) is 123 Å². The maximum atomic E-state index is 12.8. The molecule has 0 aliphatic rings. The number of unbranched alkanes of at least 4 members (excludes halogenated alkanes) is 15. The van der Waals surface area contributed by atoms with Crippen LogP contribution < -0.4 is 20.9 Å². The normalized spacial score (nSPS) is 11.8. The van der Waals surface area contributed by atoms with Gasteiger partial charge < -0.3 is 20.9 Å². The van der Waals surface area contributed by atoms with E-state index in [2.05, 4.69) is 65.9 Å². The van der Waals surface area contributed by atoms with Crippen molar-refractivity contribution in [3.63, 3.8) is 0 Å². The topological polar surface area (TPSA) is 90.5 Å². The maximum Gasteiger partial charge on any atom is 0.242 e. The molecule has 0 aliphatic carbocycles. The summed E-state index contributed by atoms with van der Waals surface area (Å²) in [6.07, 6.45) is 21.6. The molecule has 0 radical (unpaired) electrons. The zero-order valence-corrected chi connectivity index (χ0v) is 29.7. The fraction of sp³-hybridized carbons (Fsp3) is 0.763. The van der Waals surface area contributed by atoms with Crippen LogP contribution in [0.4, 0.5) is 5.69 Å². The second-order valence-electron chi connectivity index (χ2n) is 13.5. The van der Waals surface area contributed by atoms with Crippen molar-refractivity contribution in [2.24, 2.45) is 5.92 Å². The summed E-state index contributed by atoms with van der Waals surface area (Å²) in [6, 6.07) is 7.83. The van der Waals surface area contributed by atoms with E-state index in [4.69, 9.17) is 0 Å². The number of anilines is 1. The average Bonchev–Trinajstić information content (AvgIpc) is 3.01. The van der Waals surface area contributed by atoms with Gasteiger partial charge in [-0.15, -0.1) is 0 Å². The molecule has 258 valence electrons. The summed E-state index contributed by atoms with van der Waals surface area (Å²) in [7, 11) is 4.04. The molecule has 45 heavy (non-hydrogen) atoms. The van der Waals surface area contributed by atoms with Gasteiger partial charge in [0.1, 0.15) is 6.04 Å². The molecule has 3 amide bonds. The molecule has 0 saturated carbocycles. The van der Waals surface area contributed by atoms with Crippen LogP contribution in [0.2, 0.25) is 0 Å². The van der Waals surface area contributed by atoms with E-state index < -0.39 is 6.04 Å². The van der Waals surface area contributed by atoms with Gasteiger partial charge in [0.2, 0.25) is 17.7 Å². The number of hydrogen-bond donors (Lipinski definition) is 3. The molecule has 1 rings (SSSR count). The van der Waals surface area contributed by atoms with Crippen molar-refractivity contribution in [2.75, 3.05) is 25.5 Å². The van der Waals surface area contributed by atoms with E-state index in [1.54, 1.807) is 0 Å². The first-order valence-electron chi connectivity index (χ1n) is 18.3. The minimum atomic E-state index is -0.437. The molecule has 0 fully saturated rings. The quantitative estimate of drug-likeness (QED) is 0.0813. The highest BCUT2D eigenvalue weighted by atomic mass is 16.2. The predicted octanol–water partition coefficient (Wildman–Crippen LogP) is 8.45. The SMILES string of the molecule is CCCCCCCCCCCC(=O)NC(CC(C)C)C(=O)NCCCCCCCCCCC(=O)NCc1ccc(N(C)C)cc1. The summed E-state index contributed by atoms with van der Waals surface area (Å²) < 4.78 is 0. The first-order valence-corrected chi connectivity index (χ1v) is 18.3. The van der Waals surface area contributed by atoms with Gasteiger partial charge in [0.15, 0.2) is 0 Å². The lowest BCUT2D eigenvalue weighted by Crippen LogP contribution is -2.47. The van der Waals surface area contributed by atoms with Crippen molar-refractivity contribution in [1.29, 1.82) is 0 Å². The van der Waals surface area contributed by atoms with Crippen LogP contribution >= 0.6 is 0 Å². The molecule has 0 saturated heterocycles. The van der Waals surface area contributed by atoms with Gasteiger partial charge in [-0.05, 0) is 49.3 Å². The molecular weight excluding hydrogens is 560 g/mol. The fourth-order valence-electron chi connectivity index (χ4n) is 5.57. The lowest BCUT2D eigenvalue weighted by atomic mass is 10.0. The standard InChI is InChI=1S/C38H68N4O3/c1-6-7-8-9-10-11-15-18-21-24-37(44)41-35(30-32(2)3)38(45)39-29-22-19-16-13-12-14-17-20-23-36(43)40-31-33-25-27-34(28-26-33)42(4)5/h25-28,32,35H,6-24,29-31H2,1-5H3,(H,39,45)(H,40,43)(H,41,44). The minimum Gasteiger partial charge on any atom is -0.378 e. The maximum absolute atomic E-state index is 12.8. The Bertz CT molecular complexity index is 901. The van der Waals surface area contributed by atoms with Gasteiger partial charge in [0.25, 0.3) is 0 Å². The molecule has 0 heterocycles. The van der Waals surface area contributed by atoms with E-state index in [9.17, 15) is 14.4 Å². The Kier molecular flexibility index (Phi) is 23.9. The van der Waals surface area contributed by atoms with E-state index in [1.165, 1.54) is 57.8 Å². The molecule has 0 bridgehead atoms. The smallest absolute Gasteiger partial charge is 0.242 e. The molecule has 1 aromatic carbocycles. The molecule has 0 aliphatic heterocycles. The molecule has 1 unspecified atom stereocenters. The molecular formula is C38H68N4O3. The zero-order chi connectivity index (χ0) is 33.1. The largest absolute Gasteiger partial charge is 0.378 e. The Morgan fingerprint density at radius 2 is 1.13 bits per heavy atom. The second kappa shape index (κ2) is 26.6. The predicted molar refractivity (Wildman–Crippen MR) is 190 cm³/mol. The third-order valence-corrected chi connectivity index (χ3v) is 8.44. The van der Waals surface area contributed by atoms with Gasteiger partial charge in [0.05, 0.1) is 0 Å². The van der Waals surface area contributed by atoms with Crippen molar-refractivity contribution in [3.8, 4) is 0 Å². The Morgan fingerprint density at radius 1 is 0.644 bits per heavy atom. The van der Waals surface area contributed by atoms with Crippen molar-refractivity contribution in [3.05, 3.63) is 29.8 Å². The first-order chi connectivity index (χ1) is 21.7. The van der Waals surface area contributed by atoms with Crippen LogP contribution in [-0.4, -0.2) is 44.4 Å². The van der Waals surface area contributed by atoms with Crippen LogP contribution in [-0.2, 0) is 20.9 Å². The van der Waals surface area contributed by atoms with Gasteiger partial charge in [0, 0.05) is 45.7 Å². The number of amides is 3. The number of carbonyl (C=O) groups excluding carboxylic acids is 3. The van der Waals surface area contributed by atoms with Crippen LogP contribution in [0.1, 0.15) is 155 Å². The molecule has 7 nitrogen and oxygen atoms in total. The summed E-state index contributed by atoms with van der Waals surface area (Å²) in [5, 5.41) is 9.10.